The fourth-order valence-corrected chi connectivity index (χ4v) is 3.57. The molecule has 0 bridgehead atoms. The average Bonchev–Trinajstić information content (AvgIpc) is 3.21. The zero-order chi connectivity index (χ0) is 15.5. The zero-order valence-corrected chi connectivity index (χ0v) is 13.8. The Bertz CT molecular complexity index is 650. The van der Waals surface area contributed by atoms with Crippen LogP contribution in [-0.4, -0.2) is 38.8 Å². The Balaban J connectivity index is 1.52. The number of aryl methyl sites for hydroxylation is 2. The van der Waals surface area contributed by atoms with Gasteiger partial charge in [-0.3, -0.25) is 10.00 Å². The summed E-state index contributed by atoms with van der Waals surface area (Å²) in [6.07, 6.45) is 6.87. The van der Waals surface area contributed by atoms with Gasteiger partial charge in [-0.05, 0) is 30.7 Å². The van der Waals surface area contributed by atoms with Crippen molar-refractivity contribution in [3.05, 3.63) is 29.0 Å². The first-order valence-electron chi connectivity index (χ1n) is 7.62. The molecule has 1 aliphatic rings. The van der Waals surface area contributed by atoms with Crippen LogP contribution in [0.25, 0.3) is 0 Å². The number of hydrogen-bond acceptors (Lipinski definition) is 4. The van der Waals surface area contributed by atoms with Crippen molar-refractivity contribution in [1.29, 1.82) is 0 Å². The summed E-state index contributed by atoms with van der Waals surface area (Å²) in [6.45, 7) is 3.67. The van der Waals surface area contributed by atoms with Gasteiger partial charge in [-0.15, -0.1) is 11.3 Å². The van der Waals surface area contributed by atoms with Crippen LogP contribution in [0.4, 0.5) is 9.93 Å². The Kier molecular flexibility index (Phi) is 4.42. The van der Waals surface area contributed by atoms with Gasteiger partial charge in [-0.2, -0.15) is 5.10 Å². The number of rotatable bonds is 4. The second-order valence-corrected chi connectivity index (χ2v) is 6.61. The van der Waals surface area contributed by atoms with E-state index in [-0.39, 0.29) is 6.03 Å². The number of urea groups is 1. The quantitative estimate of drug-likeness (QED) is 0.942. The van der Waals surface area contributed by atoms with Gasteiger partial charge in [-0.25, -0.2) is 9.78 Å². The number of carbonyl (C=O) groups is 1. The average molecular weight is 319 g/mol. The lowest BCUT2D eigenvalue weighted by atomic mass is 10.0. The summed E-state index contributed by atoms with van der Waals surface area (Å²) in [5.41, 5.74) is 2.26. The smallest absolute Gasteiger partial charge is 0.323 e. The van der Waals surface area contributed by atoms with E-state index < -0.39 is 0 Å². The van der Waals surface area contributed by atoms with E-state index in [9.17, 15) is 4.79 Å². The van der Waals surface area contributed by atoms with Crippen molar-refractivity contribution in [3.8, 4) is 0 Å². The van der Waals surface area contributed by atoms with Gasteiger partial charge in [0.2, 0.25) is 0 Å². The number of nitrogens with one attached hydrogen (secondary N) is 1. The number of aromatic nitrogens is 3. The highest BCUT2D eigenvalue weighted by atomic mass is 32.1. The fourth-order valence-electron chi connectivity index (χ4n) is 2.79. The standard InChI is InChI=1S/C15H21N5OS/c1-3-13-10-22-14(17-13)18-15(21)20-5-4-11(9-20)6-12-7-16-19(2)8-12/h7-8,10-11H,3-6,9H2,1-2H3,(H,17,18,21). The Morgan fingerprint density at radius 1 is 1.55 bits per heavy atom. The largest absolute Gasteiger partial charge is 0.324 e. The van der Waals surface area contributed by atoms with Crippen LogP contribution in [0.15, 0.2) is 17.8 Å². The third-order valence-corrected chi connectivity index (χ3v) is 4.79. The number of anilines is 1. The minimum atomic E-state index is -0.0364. The summed E-state index contributed by atoms with van der Waals surface area (Å²) in [5, 5.41) is 9.78. The minimum Gasteiger partial charge on any atom is -0.324 e. The summed E-state index contributed by atoms with van der Waals surface area (Å²) in [4.78, 5) is 18.5. The van der Waals surface area contributed by atoms with Crippen LogP contribution in [0.3, 0.4) is 0 Å². The van der Waals surface area contributed by atoms with E-state index in [1.165, 1.54) is 16.9 Å². The zero-order valence-electron chi connectivity index (χ0n) is 13.0. The van der Waals surface area contributed by atoms with Gasteiger partial charge in [0.25, 0.3) is 0 Å². The number of nitrogens with zero attached hydrogens (tertiary/aromatic N) is 4. The molecule has 0 aromatic carbocycles. The molecule has 7 heteroatoms. The highest BCUT2D eigenvalue weighted by molar-refractivity contribution is 7.13. The number of amides is 2. The van der Waals surface area contributed by atoms with E-state index in [1.807, 2.05) is 34.4 Å². The molecule has 2 amide bonds. The summed E-state index contributed by atoms with van der Waals surface area (Å²) in [7, 11) is 1.93. The molecule has 1 aliphatic heterocycles. The number of hydrogen-bond donors (Lipinski definition) is 1. The monoisotopic (exact) mass is 319 g/mol. The van der Waals surface area contributed by atoms with Crippen LogP contribution in [-0.2, 0) is 19.9 Å². The van der Waals surface area contributed by atoms with Gasteiger partial charge in [0, 0.05) is 31.7 Å². The van der Waals surface area contributed by atoms with Crippen LogP contribution < -0.4 is 5.32 Å². The molecule has 3 rings (SSSR count). The normalized spacial score (nSPS) is 17.9. The molecule has 2 aromatic heterocycles. The van der Waals surface area contributed by atoms with Crippen LogP contribution in [0.1, 0.15) is 24.6 Å². The summed E-state index contributed by atoms with van der Waals surface area (Å²) >= 11 is 1.49. The van der Waals surface area contributed by atoms with Crippen LogP contribution in [0.5, 0.6) is 0 Å². The molecular weight excluding hydrogens is 298 g/mol. The molecule has 0 spiro atoms. The van der Waals surface area contributed by atoms with Crippen molar-refractivity contribution in [2.75, 3.05) is 18.4 Å². The summed E-state index contributed by atoms with van der Waals surface area (Å²) in [5.74, 6) is 0.512. The van der Waals surface area contributed by atoms with Crippen molar-refractivity contribution >= 4 is 22.5 Å². The van der Waals surface area contributed by atoms with Crippen LogP contribution in [0.2, 0.25) is 0 Å². The van der Waals surface area contributed by atoms with Gasteiger partial charge >= 0.3 is 6.03 Å². The first-order chi connectivity index (χ1) is 10.6. The van der Waals surface area contributed by atoms with Gasteiger partial charge < -0.3 is 4.90 Å². The maximum atomic E-state index is 12.3. The number of likely N-dealkylation sites (tertiary alicyclic amines) is 1. The van der Waals surface area contributed by atoms with E-state index in [4.69, 9.17) is 0 Å². The lowest BCUT2D eigenvalue weighted by Gasteiger charge is -2.16. The van der Waals surface area contributed by atoms with E-state index in [1.54, 1.807) is 0 Å². The van der Waals surface area contributed by atoms with Crippen molar-refractivity contribution in [3.63, 3.8) is 0 Å². The molecule has 22 heavy (non-hydrogen) atoms. The second kappa shape index (κ2) is 6.48. The van der Waals surface area contributed by atoms with Gasteiger partial charge in [0.05, 0.1) is 11.9 Å². The molecule has 0 saturated carbocycles. The van der Waals surface area contributed by atoms with Gasteiger partial charge in [0.1, 0.15) is 0 Å². The predicted molar refractivity (Wildman–Crippen MR) is 87.1 cm³/mol. The molecule has 0 aliphatic carbocycles. The topological polar surface area (TPSA) is 63.1 Å². The van der Waals surface area contributed by atoms with E-state index in [0.717, 1.165) is 38.0 Å². The Morgan fingerprint density at radius 2 is 2.41 bits per heavy atom. The molecule has 2 aromatic rings. The van der Waals surface area contributed by atoms with Gasteiger partial charge in [-0.1, -0.05) is 6.92 Å². The van der Waals surface area contributed by atoms with Crippen LogP contribution in [0, 0.1) is 5.92 Å². The highest BCUT2D eigenvalue weighted by Gasteiger charge is 2.27. The molecule has 1 fully saturated rings. The molecule has 3 heterocycles. The highest BCUT2D eigenvalue weighted by Crippen LogP contribution is 2.22. The molecule has 118 valence electrons. The van der Waals surface area contributed by atoms with Crippen LogP contribution >= 0.6 is 11.3 Å². The molecule has 1 atom stereocenters. The Morgan fingerprint density at radius 3 is 3.09 bits per heavy atom. The van der Waals surface area contributed by atoms with Crippen molar-refractivity contribution in [2.24, 2.45) is 13.0 Å². The third kappa shape index (κ3) is 3.47. The Hall–Kier alpha value is -1.89. The summed E-state index contributed by atoms with van der Waals surface area (Å²) < 4.78 is 1.82. The summed E-state index contributed by atoms with van der Waals surface area (Å²) in [6, 6.07) is -0.0364. The molecular formula is C15H21N5OS. The Labute approximate surface area is 134 Å². The predicted octanol–water partition coefficient (Wildman–Crippen LogP) is 2.54. The van der Waals surface area contributed by atoms with E-state index >= 15 is 0 Å². The molecule has 1 saturated heterocycles. The van der Waals surface area contributed by atoms with E-state index in [0.29, 0.717) is 11.0 Å². The lowest BCUT2D eigenvalue weighted by molar-refractivity contribution is 0.221. The maximum Gasteiger partial charge on any atom is 0.323 e. The SMILES string of the molecule is CCc1csc(NC(=O)N2CCC(Cc3cnn(C)c3)C2)n1. The van der Waals surface area contributed by atoms with Crippen molar-refractivity contribution in [2.45, 2.75) is 26.2 Å². The molecule has 1 unspecified atom stereocenters. The second-order valence-electron chi connectivity index (χ2n) is 5.75. The van der Waals surface area contributed by atoms with Crippen molar-refractivity contribution < 1.29 is 4.79 Å². The molecule has 6 nitrogen and oxygen atoms in total. The molecule has 0 radical (unpaired) electrons. The van der Waals surface area contributed by atoms with E-state index in [2.05, 4.69) is 22.3 Å². The maximum absolute atomic E-state index is 12.3. The fraction of sp³-hybridized carbons (Fsp3) is 0.533. The molecule has 1 N–H and O–H groups in total. The lowest BCUT2D eigenvalue weighted by Crippen LogP contribution is -2.33. The first kappa shape index (κ1) is 15.0. The first-order valence-corrected chi connectivity index (χ1v) is 8.50. The number of thiazole rings is 1. The number of carbonyl (C=O) groups excluding carboxylic acids is 1. The minimum absolute atomic E-state index is 0.0364. The van der Waals surface area contributed by atoms with Crippen molar-refractivity contribution in [1.82, 2.24) is 19.7 Å². The third-order valence-electron chi connectivity index (χ3n) is 3.98. The van der Waals surface area contributed by atoms with Gasteiger partial charge in [0.15, 0.2) is 5.13 Å².